The van der Waals surface area contributed by atoms with E-state index in [2.05, 4.69) is 20.2 Å². The van der Waals surface area contributed by atoms with Gasteiger partial charge in [-0.3, -0.25) is 4.79 Å². The van der Waals surface area contributed by atoms with Crippen molar-refractivity contribution in [1.82, 2.24) is 15.3 Å². The number of anilines is 1. The molecule has 4 rings (SSSR count). The third-order valence-corrected chi connectivity index (χ3v) is 6.39. The van der Waals surface area contributed by atoms with E-state index in [4.69, 9.17) is 5.73 Å². The van der Waals surface area contributed by atoms with Crippen LogP contribution in [0.1, 0.15) is 44.9 Å². The fourth-order valence-electron chi connectivity index (χ4n) is 5.05. The highest BCUT2D eigenvalue weighted by atomic mass is 16.2. The lowest BCUT2D eigenvalue weighted by Gasteiger charge is -2.44. The Kier molecular flexibility index (Phi) is 4.88. The smallest absolute Gasteiger partial charge is 0.225 e. The van der Waals surface area contributed by atoms with E-state index in [1.807, 2.05) is 6.07 Å². The van der Waals surface area contributed by atoms with Gasteiger partial charge >= 0.3 is 0 Å². The predicted octanol–water partition coefficient (Wildman–Crippen LogP) is 1.72. The molecule has 2 heterocycles. The van der Waals surface area contributed by atoms with Gasteiger partial charge in [0.2, 0.25) is 11.9 Å². The number of carbonyl (C=O) groups excluding carboxylic acids is 1. The van der Waals surface area contributed by atoms with Gasteiger partial charge < -0.3 is 16.0 Å². The van der Waals surface area contributed by atoms with Crippen molar-refractivity contribution in [2.75, 3.05) is 18.0 Å². The standard InChI is InChI=1S/C19H29N5O/c20-17-13-4-1-5-14(17)11-15(10-13)18(25)23-16-6-2-9-24(12-16)19-21-7-3-8-22-19/h3,7-8,13-17H,1-2,4-6,9-12,20H2,(H,23,25). The van der Waals surface area contributed by atoms with E-state index in [0.717, 1.165) is 44.7 Å². The minimum atomic E-state index is 0.151. The number of nitrogens with one attached hydrogen (secondary N) is 1. The van der Waals surface area contributed by atoms with Gasteiger partial charge in [0, 0.05) is 43.5 Å². The molecule has 6 nitrogen and oxygen atoms in total. The zero-order valence-electron chi connectivity index (χ0n) is 14.8. The van der Waals surface area contributed by atoms with Crippen molar-refractivity contribution < 1.29 is 4.79 Å². The molecule has 3 N–H and O–H groups in total. The number of rotatable bonds is 3. The molecule has 1 aromatic heterocycles. The molecule has 1 aromatic rings. The summed E-state index contributed by atoms with van der Waals surface area (Å²) in [5.41, 5.74) is 6.36. The van der Waals surface area contributed by atoms with Gasteiger partial charge in [-0.25, -0.2) is 9.97 Å². The highest BCUT2D eigenvalue weighted by Crippen LogP contribution is 2.41. The Bertz CT molecular complexity index is 581. The molecular formula is C19H29N5O. The summed E-state index contributed by atoms with van der Waals surface area (Å²) in [7, 11) is 0. The quantitative estimate of drug-likeness (QED) is 0.873. The van der Waals surface area contributed by atoms with Gasteiger partial charge in [0.25, 0.3) is 0 Å². The molecule has 3 atom stereocenters. The number of hydrogen-bond acceptors (Lipinski definition) is 5. The first-order chi connectivity index (χ1) is 12.2. The van der Waals surface area contributed by atoms with Crippen LogP contribution in [-0.4, -0.2) is 41.0 Å². The molecule has 3 aliphatic rings. The van der Waals surface area contributed by atoms with Crippen molar-refractivity contribution in [3.05, 3.63) is 18.5 Å². The number of aromatic nitrogens is 2. The number of carbonyl (C=O) groups is 1. The van der Waals surface area contributed by atoms with Gasteiger partial charge in [0.1, 0.15) is 0 Å². The Morgan fingerprint density at radius 2 is 1.84 bits per heavy atom. The van der Waals surface area contributed by atoms with Crippen LogP contribution in [0.4, 0.5) is 5.95 Å². The molecule has 0 radical (unpaired) electrons. The second-order valence-electron chi connectivity index (χ2n) is 8.04. The molecule has 0 aromatic carbocycles. The van der Waals surface area contributed by atoms with Gasteiger partial charge in [-0.15, -0.1) is 0 Å². The van der Waals surface area contributed by atoms with Crippen molar-refractivity contribution in [1.29, 1.82) is 0 Å². The summed E-state index contributed by atoms with van der Waals surface area (Å²) < 4.78 is 0. The molecule has 2 bridgehead atoms. The highest BCUT2D eigenvalue weighted by Gasteiger charge is 2.41. The van der Waals surface area contributed by atoms with Crippen LogP contribution < -0.4 is 16.0 Å². The average molecular weight is 343 g/mol. The molecule has 0 spiro atoms. The summed E-state index contributed by atoms with van der Waals surface area (Å²) in [5, 5.41) is 3.32. The largest absolute Gasteiger partial charge is 0.351 e. The average Bonchev–Trinajstić information content (AvgIpc) is 2.62. The van der Waals surface area contributed by atoms with Crippen LogP contribution in [0, 0.1) is 17.8 Å². The number of fused-ring (bicyclic) bond motifs is 2. The Morgan fingerprint density at radius 1 is 1.12 bits per heavy atom. The van der Waals surface area contributed by atoms with Crippen LogP contribution in [0.25, 0.3) is 0 Å². The zero-order chi connectivity index (χ0) is 17.2. The van der Waals surface area contributed by atoms with Crippen LogP contribution in [0.2, 0.25) is 0 Å². The Balaban J connectivity index is 1.34. The van der Waals surface area contributed by atoms with Crippen molar-refractivity contribution in [2.24, 2.45) is 23.5 Å². The molecule has 6 heteroatoms. The normalized spacial score (nSPS) is 35.2. The summed E-state index contributed by atoms with van der Waals surface area (Å²) in [6.45, 7) is 1.76. The lowest BCUT2D eigenvalue weighted by molar-refractivity contribution is -0.128. The monoisotopic (exact) mass is 343 g/mol. The second kappa shape index (κ2) is 7.28. The first-order valence-electron chi connectivity index (χ1n) is 9.78. The highest BCUT2D eigenvalue weighted by molar-refractivity contribution is 5.79. The first-order valence-corrected chi connectivity index (χ1v) is 9.78. The Morgan fingerprint density at radius 3 is 2.56 bits per heavy atom. The number of hydrogen-bond donors (Lipinski definition) is 2. The summed E-state index contributed by atoms with van der Waals surface area (Å²) >= 11 is 0. The summed E-state index contributed by atoms with van der Waals surface area (Å²) in [6, 6.07) is 2.34. The van der Waals surface area contributed by atoms with E-state index < -0.39 is 0 Å². The van der Waals surface area contributed by atoms with Crippen LogP contribution in [0.3, 0.4) is 0 Å². The maximum atomic E-state index is 12.8. The molecule has 2 aliphatic carbocycles. The van der Waals surface area contributed by atoms with Crippen molar-refractivity contribution >= 4 is 11.9 Å². The van der Waals surface area contributed by atoms with Crippen LogP contribution in [0.15, 0.2) is 18.5 Å². The number of amides is 1. The lowest BCUT2D eigenvalue weighted by atomic mass is 9.65. The van der Waals surface area contributed by atoms with E-state index in [-0.39, 0.29) is 17.9 Å². The molecule has 25 heavy (non-hydrogen) atoms. The van der Waals surface area contributed by atoms with Crippen LogP contribution in [-0.2, 0) is 4.79 Å². The van der Waals surface area contributed by atoms with Gasteiger partial charge in [-0.05, 0) is 56.4 Å². The molecule has 3 unspecified atom stereocenters. The lowest BCUT2D eigenvalue weighted by Crippen LogP contribution is -2.53. The van der Waals surface area contributed by atoms with Crippen LogP contribution in [0.5, 0.6) is 0 Å². The Hall–Kier alpha value is -1.69. The fourth-order valence-corrected chi connectivity index (χ4v) is 5.05. The topological polar surface area (TPSA) is 84.1 Å². The van der Waals surface area contributed by atoms with E-state index in [0.29, 0.717) is 17.9 Å². The number of nitrogens with two attached hydrogens (primary N) is 1. The Labute approximate surface area is 149 Å². The molecule has 1 aliphatic heterocycles. The van der Waals surface area contributed by atoms with Crippen molar-refractivity contribution in [3.63, 3.8) is 0 Å². The van der Waals surface area contributed by atoms with E-state index in [1.54, 1.807) is 12.4 Å². The van der Waals surface area contributed by atoms with Gasteiger partial charge in [0.15, 0.2) is 0 Å². The van der Waals surface area contributed by atoms with E-state index in [1.165, 1.54) is 19.3 Å². The summed E-state index contributed by atoms with van der Waals surface area (Å²) in [5.74, 6) is 2.25. The fraction of sp³-hybridized carbons (Fsp3) is 0.737. The molecule has 3 fully saturated rings. The van der Waals surface area contributed by atoms with Crippen LogP contribution >= 0.6 is 0 Å². The predicted molar refractivity (Wildman–Crippen MR) is 96.9 cm³/mol. The minimum Gasteiger partial charge on any atom is -0.351 e. The van der Waals surface area contributed by atoms with Crippen molar-refractivity contribution in [3.8, 4) is 0 Å². The van der Waals surface area contributed by atoms with E-state index >= 15 is 0 Å². The van der Waals surface area contributed by atoms with E-state index in [9.17, 15) is 4.79 Å². The van der Waals surface area contributed by atoms with Gasteiger partial charge in [-0.1, -0.05) is 6.42 Å². The molecular weight excluding hydrogens is 314 g/mol. The maximum Gasteiger partial charge on any atom is 0.225 e. The summed E-state index contributed by atoms with van der Waals surface area (Å²) in [6.07, 6.45) is 11.3. The molecule has 1 saturated heterocycles. The van der Waals surface area contributed by atoms with Gasteiger partial charge in [0.05, 0.1) is 0 Å². The van der Waals surface area contributed by atoms with Gasteiger partial charge in [-0.2, -0.15) is 0 Å². The second-order valence-corrected chi connectivity index (χ2v) is 8.04. The minimum absolute atomic E-state index is 0.151. The summed E-state index contributed by atoms with van der Waals surface area (Å²) in [4.78, 5) is 23.7. The molecule has 136 valence electrons. The zero-order valence-corrected chi connectivity index (χ0v) is 14.8. The molecule has 2 saturated carbocycles. The first kappa shape index (κ1) is 16.8. The number of piperidine rings is 1. The van der Waals surface area contributed by atoms with Crippen molar-refractivity contribution in [2.45, 2.75) is 57.0 Å². The third kappa shape index (κ3) is 3.64. The molecule has 1 amide bonds. The maximum absolute atomic E-state index is 12.8. The number of nitrogens with zero attached hydrogens (tertiary/aromatic N) is 3. The third-order valence-electron chi connectivity index (χ3n) is 6.39. The SMILES string of the molecule is NC1C2CCCC1CC(C(=O)NC1CCCN(c3ncccn3)C1)C2.